The third kappa shape index (κ3) is 10.2. The predicted molar refractivity (Wildman–Crippen MR) is 202 cm³/mol. The molecule has 4 aromatic rings. The van der Waals surface area contributed by atoms with Crippen LogP contribution in [-0.4, -0.2) is 105 Å². The molecule has 0 spiro atoms. The molecule has 0 bridgehead atoms. The second-order valence-corrected chi connectivity index (χ2v) is 20.9. The van der Waals surface area contributed by atoms with Crippen LogP contribution in [0, 0.1) is 0 Å². The molecule has 56 heavy (non-hydrogen) atoms. The summed E-state index contributed by atoms with van der Waals surface area (Å²) >= 11 is 0. The Morgan fingerprint density at radius 2 is 0.875 bits per heavy atom. The fourth-order valence-corrected chi connectivity index (χ4v) is 7.81. The number of benzene rings is 2. The number of pyridine rings is 2. The molecule has 0 N–H and O–H groups in total. The third-order valence-corrected chi connectivity index (χ3v) is 13.7. The second-order valence-electron chi connectivity index (χ2n) is 12.7. The molecule has 0 saturated heterocycles. The Bertz CT molecular complexity index is 2370. The molecular weight excluding hydrogens is 813 g/mol. The normalized spacial score (nSPS) is 17.3. The minimum absolute atomic E-state index is 0.0462. The lowest BCUT2D eigenvalue weighted by Crippen LogP contribution is -2.22. The lowest BCUT2D eigenvalue weighted by atomic mass is 10.1. The van der Waals surface area contributed by atoms with Gasteiger partial charge in [0, 0.05) is 40.7 Å². The first-order valence-corrected chi connectivity index (χ1v) is 23.0. The molecule has 18 nitrogen and oxygen atoms in total. The van der Waals surface area contributed by atoms with E-state index in [9.17, 15) is 33.7 Å². The van der Waals surface area contributed by atoms with Crippen molar-refractivity contribution >= 4 is 51.5 Å². The van der Waals surface area contributed by atoms with Gasteiger partial charge < -0.3 is 19.1 Å². The van der Waals surface area contributed by atoms with Gasteiger partial charge in [0.2, 0.25) is 31.8 Å². The Kier molecular flexibility index (Phi) is 12.5. The molecule has 2 aliphatic heterocycles. The molecule has 0 aliphatic carbocycles. The van der Waals surface area contributed by atoms with Gasteiger partial charge in [0.05, 0.1) is 35.0 Å². The minimum atomic E-state index is -3.49. The van der Waals surface area contributed by atoms with Gasteiger partial charge in [-0.2, -0.15) is 0 Å². The molecule has 2 aromatic carbocycles. The molecule has 4 heterocycles. The summed E-state index contributed by atoms with van der Waals surface area (Å²) < 4.78 is 108. The Hall–Kier alpha value is -5.00. The van der Waals surface area contributed by atoms with E-state index in [1.54, 1.807) is 24.3 Å². The first-order valence-electron chi connectivity index (χ1n) is 16.3. The van der Waals surface area contributed by atoms with E-state index in [1.807, 2.05) is 0 Å². The van der Waals surface area contributed by atoms with Gasteiger partial charge in [-0.3, -0.25) is 0 Å². The number of hydrogen-bond donors (Lipinski definition) is 0. The number of aromatic nitrogens is 2. The van der Waals surface area contributed by atoms with Gasteiger partial charge in [0.25, 0.3) is 0 Å². The quantitative estimate of drug-likeness (QED) is 0.223. The smallest absolute Gasteiger partial charge is 0.242 e. The molecule has 0 radical (unpaired) electrons. The molecule has 0 amide bonds. The minimum Gasteiger partial charge on any atom is -0.438 e. The summed E-state index contributed by atoms with van der Waals surface area (Å²) in [5.74, 6) is 1.29. The number of sulfonamides is 2. The number of rotatable bonds is 10. The van der Waals surface area contributed by atoms with Crippen molar-refractivity contribution in [3.05, 3.63) is 96.3 Å². The van der Waals surface area contributed by atoms with Gasteiger partial charge in [0.1, 0.15) is 11.5 Å². The first kappa shape index (κ1) is 42.1. The summed E-state index contributed by atoms with van der Waals surface area (Å²) in [6.07, 6.45) is 4.61. The highest BCUT2D eigenvalue weighted by atomic mass is 32.2. The SMILES string of the molecule is CN(C)S(=O)(=O)c1ccc([C@@H]2CC(Oc3ccc(S(C)(=O)=O)nc3)=NO2)cc1.CN(C)S(=O)(=O)c1ccc([C@H]2CC(Oc3ccc(S(C)(=O)=O)nc3)=NO2)cc1. The fraction of sp³-hybridized carbons (Fsp3) is 0.294. The Labute approximate surface area is 325 Å². The number of ether oxygens (including phenoxy) is 2. The Morgan fingerprint density at radius 3 is 1.14 bits per heavy atom. The van der Waals surface area contributed by atoms with Gasteiger partial charge in [-0.1, -0.05) is 34.6 Å². The Morgan fingerprint density at radius 1 is 0.536 bits per heavy atom. The van der Waals surface area contributed by atoms with E-state index in [0.717, 1.165) is 32.2 Å². The van der Waals surface area contributed by atoms with Crippen LogP contribution in [0.5, 0.6) is 11.5 Å². The van der Waals surface area contributed by atoms with E-state index in [0.29, 0.717) is 36.1 Å². The monoisotopic (exact) mass is 850 g/mol. The van der Waals surface area contributed by atoms with Crippen molar-refractivity contribution < 1.29 is 52.8 Å². The standard InChI is InChI=1S/2C17H19N3O6S2/c2*1-20(2)28(23,24)14-7-4-12(5-8-14)15-10-16(19-26-15)25-13-6-9-17(18-11-13)27(3,21)22/h2*4-9,11,15H,10H2,1-3H3/t2*15-/m10/s1. The van der Waals surface area contributed by atoms with Crippen molar-refractivity contribution in [1.82, 2.24) is 18.6 Å². The highest BCUT2D eigenvalue weighted by Gasteiger charge is 2.27. The Balaban J connectivity index is 0.000000214. The predicted octanol–water partition coefficient (Wildman–Crippen LogP) is 3.18. The summed E-state index contributed by atoms with van der Waals surface area (Å²) in [7, 11) is -7.86. The van der Waals surface area contributed by atoms with Crippen molar-refractivity contribution in [3.8, 4) is 11.5 Å². The molecular formula is C34H38N6O12S4. The number of hydrogen-bond acceptors (Lipinski definition) is 16. The van der Waals surface area contributed by atoms with E-state index in [2.05, 4.69) is 20.3 Å². The lowest BCUT2D eigenvalue weighted by molar-refractivity contribution is 0.0854. The van der Waals surface area contributed by atoms with Crippen LogP contribution >= 0.6 is 0 Å². The number of oxime groups is 2. The zero-order valence-corrected chi connectivity index (χ0v) is 34.1. The summed E-state index contributed by atoms with van der Waals surface area (Å²) in [6, 6.07) is 18.4. The van der Waals surface area contributed by atoms with E-state index in [1.165, 1.54) is 89.1 Å². The maximum absolute atomic E-state index is 12.1. The molecule has 6 rings (SSSR count). The first-order chi connectivity index (χ1) is 26.1. The maximum atomic E-state index is 12.1. The van der Waals surface area contributed by atoms with E-state index >= 15 is 0 Å². The largest absolute Gasteiger partial charge is 0.438 e. The van der Waals surface area contributed by atoms with Gasteiger partial charge in [-0.15, -0.1) is 0 Å². The van der Waals surface area contributed by atoms with Crippen LogP contribution in [0.2, 0.25) is 0 Å². The average molecular weight is 851 g/mol. The van der Waals surface area contributed by atoms with Crippen molar-refractivity contribution in [3.63, 3.8) is 0 Å². The van der Waals surface area contributed by atoms with Crippen molar-refractivity contribution in [2.24, 2.45) is 10.3 Å². The van der Waals surface area contributed by atoms with E-state index in [-0.39, 0.29) is 19.8 Å². The van der Waals surface area contributed by atoms with Crippen LogP contribution in [-0.2, 0) is 49.4 Å². The van der Waals surface area contributed by atoms with Crippen LogP contribution in [0.3, 0.4) is 0 Å². The average Bonchev–Trinajstić information content (AvgIpc) is 3.82. The van der Waals surface area contributed by atoms with Gasteiger partial charge in [-0.05, 0) is 59.7 Å². The number of sulfone groups is 2. The van der Waals surface area contributed by atoms with Crippen LogP contribution in [0.1, 0.15) is 36.2 Å². The maximum Gasteiger partial charge on any atom is 0.242 e. The zero-order chi connectivity index (χ0) is 41.1. The summed E-state index contributed by atoms with van der Waals surface area (Å²) in [5.41, 5.74) is 1.51. The fourth-order valence-electron chi connectivity index (χ4n) is 4.88. The van der Waals surface area contributed by atoms with Crippen LogP contribution < -0.4 is 9.47 Å². The highest BCUT2D eigenvalue weighted by molar-refractivity contribution is 7.91. The van der Waals surface area contributed by atoms with E-state index < -0.39 is 51.9 Å². The van der Waals surface area contributed by atoms with Crippen molar-refractivity contribution in [2.75, 3.05) is 40.7 Å². The van der Waals surface area contributed by atoms with Crippen LogP contribution in [0.4, 0.5) is 0 Å². The van der Waals surface area contributed by atoms with Gasteiger partial charge in [0.15, 0.2) is 41.9 Å². The number of nitrogens with zero attached hydrogens (tertiary/aromatic N) is 6. The molecule has 22 heteroatoms. The second kappa shape index (κ2) is 16.6. The van der Waals surface area contributed by atoms with Crippen LogP contribution in [0.25, 0.3) is 0 Å². The van der Waals surface area contributed by atoms with Crippen LogP contribution in [0.15, 0.2) is 115 Å². The van der Waals surface area contributed by atoms with Crippen molar-refractivity contribution in [2.45, 2.75) is 44.9 Å². The molecule has 0 unspecified atom stereocenters. The molecule has 0 saturated carbocycles. The molecule has 2 aliphatic rings. The van der Waals surface area contributed by atoms with E-state index in [4.69, 9.17) is 19.1 Å². The summed E-state index contributed by atoms with van der Waals surface area (Å²) in [6.45, 7) is 0. The highest BCUT2D eigenvalue weighted by Crippen LogP contribution is 2.31. The van der Waals surface area contributed by atoms with Gasteiger partial charge in [-0.25, -0.2) is 52.2 Å². The topological polar surface area (TPSA) is 230 Å². The summed E-state index contributed by atoms with van der Waals surface area (Å²) in [4.78, 5) is 18.8. The molecule has 2 aromatic heterocycles. The van der Waals surface area contributed by atoms with Gasteiger partial charge >= 0.3 is 0 Å². The van der Waals surface area contributed by atoms with Crippen molar-refractivity contribution in [1.29, 1.82) is 0 Å². The molecule has 300 valence electrons. The molecule has 0 fully saturated rings. The third-order valence-electron chi connectivity index (χ3n) is 7.99. The molecule has 2 atom stereocenters. The zero-order valence-electron chi connectivity index (χ0n) is 30.9. The summed E-state index contributed by atoms with van der Waals surface area (Å²) in [5, 5.41) is 7.67. The lowest BCUT2D eigenvalue weighted by Gasteiger charge is -2.13.